The molecule has 6 nitrogen and oxygen atoms in total. The maximum absolute atomic E-state index is 13.4. The van der Waals surface area contributed by atoms with Crippen LogP contribution in [0.2, 0.25) is 0 Å². The van der Waals surface area contributed by atoms with Crippen molar-refractivity contribution in [1.82, 2.24) is 9.21 Å². The molecule has 0 bridgehead atoms. The second-order valence-electron chi connectivity index (χ2n) is 8.94. The van der Waals surface area contributed by atoms with Crippen LogP contribution >= 0.6 is 0 Å². The van der Waals surface area contributed by atoms with Gasteiger partial charge in [0.25, 0.3) is 5.91 Å². The molecular weight excluding hydrogens is 400 g/mol. The summed E-state index contributed by atoms with van der Waals surface area (Å²) in [6.45, 7) is 1.82. The maximum atomic E-state index is 13.4. The van der Waals surface area contributed by atoms with E-state index in [1.54, 1.807) is 22.5 Å². The van der Waals surface area contributed by atoms with Crippen molar-refractivity contribution >= 4 is 15.9 Å². The fourth-order valence-electron chi connectivity index (χ4n) is 5.48. The van der Waals surface area contributed by atoms with Crippen LogP contribution in [-0.4, -0.2) is 56.3 Å². The molecule has 0 aromatic heterocycles. The monoisotopic (exact) mass is 434 g/mol. The van der Waals surface area contributed by atoms with Gasteiger partial charge in [-0.15, -0.1) is 0 Å². The van der Waals surface area contributed by atoms with Crippen LogP contribution in [0.5, 0.6) is 5.75 Å². The summed E-state index contributed by atoms with van der Waals surface area (Å²) < 4.78 is 33.8. The summed E-state index contributed by atoms with van der Waals surface area (Å²) >= 11 is 0. The van der Waals surface area contributed by atoms with Crippen LogP contribution in [0, 0.1) is 5.92 Å². The molecule has 2 heterocycles. The third kappa shape index (κ3) is 4.24. The first-order valence-corrected chi connectivity index (χ1v) is 13.0. The van der Waals surface area contributed by atoms with Crippen molar-refractivity contribution in [3.63, 3.8) is 0 Å². The number of fused-ring (bicyclic) bond motifs is 1. The van der Waals surface area contributed by atoms with E-state index in [4.69, 9.17) is 4.74 Å². The van der Waals surface area contributed by atoms with Crippen molar-refractivity contribution < 1.29 is 17.9 Å². The van der Waals surface area contributed by atoms with Crippen molar-refractivity contribution in [3.05, 3.63) is 23.8 Å². The van der Waals surface area contributed by atoms with Crippen LogP contribution in [0.1, 0.15) is 74.6 Å². The highest BCUT2D eigenvalue weighted by Crippen LogP contribution is 2.37. The van der Waals surface area contributed by atoms with Gasteiger partial charge < -0.3 is 9.64 Å². The Morgan fingerprint density at radius 1 is 0.933 bits per heavy atom. The van der Waals surface area contributed by atoms with E-state index < -0.39 is 10.0 Å². The molecule has 1 aliphatic carbocycles. The predicted octanol–water partition coefficient (Wildman–Crippen LogP) is 4.05. The molecule has 3 fully saturated rings. The van der Waals surface area contributed by atoms with Gasteiger partial charge in [0.15, 0.2) is 0 Å². The van der Waals surface area contributed by atoms with Gasteiger partial charge in [-0.3, -0.25) is 4.79 Å². The number of methoxy groups -OCH3 is 1. The van der Waals surface area contributed by atoms with E-state index in [-0.39, 0.29) is 10.8 Å². The molecule has 2 saturated heterocycles. The lowest BCUT2D eigenvalue weighted by Gasteiger charge is -2.44. The summed E-state index contributed by atoms with van der Waals surface area (Å²) in [5.41, 5.74) is 0.454. The number of carbonyl (C=O) groups excluding carboxylic acids is 1. The first-order chi connectivity index (χ1) is 14.5. The molecule has 2 atom stereocenters. The Balaban J connectivity index is 1.64. The quantitative estimate of drug-likeness (QED) is 0.717. The predicted molar refractivity (Wildman–Crippen MR) is 116 cm³/mol. The second-order valence-corrected chi connectivity index (χ2v) is 10.8. The number of hydrogen-bond donors (Lipinski definition) is 0. The third-order valence-corrected chi connectivity index (χ3v) is 9.02. The van der Waals surface area contributed by atoms with Gasteiger partial charge >= 0.3 is 0 Å². The number of rotatable bonds is 4. The minimum absolute atomic E-state index is 0.0402. The average Bonchev–Trinajstić information content (AvgIpc) is 3.08. The van der Waals surface area contributed by atoms with Gasteiger partial charge in [0.1, 0.15) is 10.6 Å². The third-order valence-electron chi connectivity index (χ3n) is 7.10. The second kappa shape index (κ2) is 9.27. The van der Waals surface area contributed by atoms with E-state index in [2.05, 4.69) is 0 Å². The Kier molecular flexibility index (Phi) is 6.68. The number of hydrogen-bond acceptors (Lipinski definition) is 4. The van der Waals surface area contributed by atoms with Gasteiger partial charge in [-0.25, -0.2) is 8.42 Å². The lowest BCUT2D eigenvalue weighted by atomic mass is 9.78. The number of benzene rings is 1. The minimum Gasteiger partial charge on any atom is -0.495 e. The molecular formula is C23H34N2O4S. The Morgan fingerprint density at radius 2 is 1.63 bits per heavy atom. The lowest BCUT2D eigenvalue weighted by molar-refractivity contribution is 0.0390. The zero-order valence-electron chi connectivity index (χ0n) is 18.0. The van der Waals surface area contributed by atoms with Gasteiger partial charge in [0, 0.05) is 31.2 Å². The molecule has 0 N–H and O–H groups in total. The summed E-state index contributed by atoms with van der Waals surface area (Å²) in [5.74, 6) is 0.863. The molecule has 0 spiro atoms. The van der Waals surface area contributed by atoms with Gasteiger partial charge in [-0.2, -0.15) is 4.31 Å². The van der Waals surface area contributed by atoms with Crippen molar-refractivity contribution in [2.45, 2.75) is 75.1 Å². The molecule has 166 valence electrons. The molecule has 1 aromatic carbocycles. The largest absolute Gasteiger partial charge is 0.495 e. The molecule has 1 aromatic rings. The van der Waals surface area contributed by atoms with E-state index in [1.165, 1.54) is 32.8 Å². The highest BCUT2D eigenvalue weighted by molar-refractivity contribution is 7.89. The van der Waals surface area contributed by atoms with Gasteiger partial charge in [0.2, 0.25) is 10.0 Å². The topological polar surface area (TPSA) is 66.9 Å². The maximum Gasteiger partial charge on any atom is 0.254 e. The van der Waals surface area contributed by atoms with Crippen LogP contribution in [0.25, 0.3) is 0 Å². The molecule has 1 amide bonds. The van der Waals surface area contributed by atoms with Gasteiger partial charge in [-0.1, -0.05) is 25.7 Å². The molecule has 2 unspecified atom stereocenters. The molecule has 0 radical (unpaired) electrons. The SMILES string of the molecule is COc1ccc(C(=O)N2CCCC3CCCCC32)cc1S(=O)(=O)N1CCCCCC1. The summed E-state index contributed by atoms with van der Waals surface area (Å²) in [4.78, 5) is 15.6. The van der Waals surface area contributed by atoms with E-state index >= 15 is 0 Å². The van der Waals surface area contributed by atoms with Crippen LogP contribution in [0.15, 0.2) is 23.1 Å². The zero-order valence-corrected chi connectivity index (χ0v) is 18.8. The number of ether oxygens (including phenoxy) is 1. The fraction of sp³-hybridized carbons (Fsp3) is 0.696. The smallest absolute Gasteiger partial charge is 0.254 e. The number of sulfonamides is 1. The van der Waals surface area contributed by atoms with Crippen LogP contribution < -0.4 is 4.74 Å². The van der Waals surface area contributed by atoms with Crippen molar-refractivity contribution in [3.8, 4) is 5.75 Å². The molecule has 4 rings (SSSR count). The molecule has 30 heavy (non-hydrogen) atoms. The highest BCUT2D eigenvalue weighted by Gasteiger charge is 2.37. The summed E-state index contributed by atoms with van der Waals surface area (Å²) in [7, 11) is -2.22. The van der Waals surface area contributed by atoms with E-state index in [0.717, 1.165) is 45.1 Å². The van der Waals surface area contributed by atoms with E-state index in [1.807, 2.05) is 4.90 Å². The number of amides is 1. The Morgan fingerprint density at radius 3 is 2.37 bits per heavy atom. The Labute approximate surface area is 180 Å². The van der Waals surface area contributed by atoms with Crippen LogP contribution in [0.4, 0.5) is 0 Å². The van der Waals surface area contributed by atoms with E-state index in [0.29, 0.717) is 36.4 Å². The highest BCUT2D eigenvalue weighted by atomic mass is 32.2. The molecule has 1 saturated carbocycles. The van der Waals surface area contributed by atoms with Crippen LogP contribution in [0.3, 0.4) is 0 Å². The van der Waals surface area contributed by atoms with Gasteiger partial charge in [0.05, 0.1) is 7.11 Å². The number of nitrogens with zero attached hydrogens (tertiary/aromatic N) is 2. The summed E-state index contributed by atoms with van der Waals surface area (Å²) in [5, 5.41) is 0. The summed E-state index contributed by atoms with van der Waals surface area (Å²) in [6.07, 6.45) is 10.8. The lowest BCUT2D eigenvalue weighted by Crippen LogP contribution is -2.49. The Hall–Kier alpha value is -1.60. The molecule has 3 aliphatic rings. The van der Waals surface area contributed by atoms with Crippen molar-refractivity contribution in [2.24, 2.45) is 5.92 Å². The first-order valence-electron chi connectivity index (χ1n) is 11.5. The normalized spacial score (nSPS) is 26.0. The number of piperidine rings is 1. The first kappa shape index (κ1) is 21.6. The summed E-state index contributed by atoms with van der Waals surface area (Å²) in [6, 6.07) is 5.20. The average molecular weight is 435 g/mol. The molecule has 7 heteroatoms. The molecule has 2 aliphatic heterocycles. The number of carbonyl (C=O) groups is 1. The fourth-order valence-corrected chi connectivity index (χ4v) is 7.17. The van der Waals surface area contributed by atoms with Crippen molar-refractivity contribution in [2.75, 3.05) is 26.7 Å². The minimum atomic E-state index is -3.70. The van der Waals surface area contributed by atoms with Gasteiger partial charge in [-0.05, 0) is 62.6 Å². The van der Waals surface area contributed by atoms with Crippen LogP contribution in [-0.2, 0) is 10.0 Å². The number of likely N-dealkylation sites (tertiary alicyclic amines) is 1. The Bertz CT molecular complexity index is 860. The van der Waals surface area contributed by atoms with E-state index in [9.17, 15) is 13.2 Å². The zero-order chi connectivity index (χ0) is 21.1. The van der Waals surface area contributed by atoms with Crippen molar-refractivity contribution in [1.29, 1.82) is 0 Å². The standard InChI is InChI=1S/C23H34N2O4S/c1-29-21-13-12-19(17-22(21)30(27,28)24-14-6-2-3-7-15-24)23(26)25-16-8-10-18-9-4-5-11-20(18)25/h12-13,17-18,20H,2-11,14-16H2,1H3.